The van der Waals surface area contributed by atoms with Crippen molar-refractivity contribution in [1.29, 1.82) is 0 Å². The molecule has 0 saturated carbocycles. The molecule has 0 atom stereocenters. The highest BCUT2D eigenvalue weighted by Gasteiger charge is 2.25. The minimum atomic E-state index is -0.270. The van der Waals surface area contributed by atoms with E-state index in [0.29, 0.717) is 12.1 Å². The van der Waals surface area contributed by atoms with Gasteiger partial charge in [-0.1, -0.05) is 6.07 Å². The number of piperazine rings is 1. The van der Waals surface area contributed by atoms with Crippen LogP contribution in [0, 0.1) is 12.7 Å². The summed E-state index contributed by atoms with van der Waals surface area (Å²) >= 11 is 0. The Hall–Kier alpha value is -2.28. The second-order valence-corrected chi connectivity index (χ2v) is 6.14. The number of benzene rings is 1. The number of halogens is 1. The van der Waals surface area contributed by atoms with Gasteiger partial charge in [-0.25, -0.2) is 14.4 Å². The molecule has 2 aromatic rings. The Labute approximate surface area is 134 Å². The summed E-state index contributed by atoms with van der Waals surface area (Å²) in [6.07, 6.45) is 0.608. The average Bonchev–Trinajstić information content (AvgIpc) is 2.82. The van der Waals surface area contributed by atoms with Gasteiger partial charge >= 0.3 is 0 Å². The summed E-state index contributed by atoms with van der Waals surface area (Å²) < 4.78 is 15.5. The van der Waals surface area contributed by atoms with Crippen LogP contribution in [0.2, 0.25) is 0 Å². The fourth-order valence-electron chi connectivity index (χ4n) is 3.06. The van der Waals surface area contributed by atoms with Crippen molar-refractivity contribution in [3.05, 3.63) is 41.2 Å². The second-order valence-electron chi connectivity index (χ2n) is 6.14. The van der Waals surface area contributed by atoms with Gasteiger partial charge in [0.25, 0.3) is 0 Å². The number of rotatable bonds is 0. The molecule has 1 aromatic carbocycles. The number of nitrogens with zero attached hydrogens (tertiary/aromatic N) is 6. The molecule has 120 valence electrons. The third kappa shape index (κ3) is 2.61. The van der Waals surface area contributed by atoms with E-state index in [4.69, 9.17) is 4.99 Å². The maximum Gasteiger partial charge on any atom is 0.228 e. The Morgan fingerprint density at radius 1 is 1.13 bits per heavy atom. The van der Waals surface area contributed by atoms with E-state index < -0.39 is 0 Å². The lowest BCUT2D eigenvalue weighted by Crippen LogP contribution is -2.49. The molecule has 4 rings (SSSR count). The highest BCUT2D eigenvalue weighted by molar-refractivity contribution is 5.86. The predicted octanol–water partition coefficient (Wildman–Crippen LogP) is 1.41. The molecule has 0 unspecified atom stereocenters. The van der Waals surface area contributed by atoms with E-state index >= 15 is 0 Å². The van der Waals surface area contributed by atoms with Gasteiger partial charge in [-0.3, -0.25) is 0 Å². The SMILES string of the molecule is Cc1nc2n(n1)C(N1CCN(C)CC1)=Nc1cc(F)ccc1C2. The van der Waals surface area contributed by atoms with Crippen LogP contribution in [0.4, 0.5) is 10.1 Å². The summed E-state index contributed by atoms with van der Waals surface area (Å²) in [5, 5.41) is 4.52. The number of likely N-dealkylation sites (N-methyl/N-ethyl adjacent to an activating group) is 1. The predicted molar refractivity (Wildman–Crippen MR) is 85.5 cm³/mol. The zero-order chi connectivity index (χ0) is 16.0. The van der Waals surface area contributed by atoms with Crippen molar-refractivity contribution in [2.75, 3.05) is 33.2 Å². The summed E-state index contributed by atoms with van der Waals surface area (Å²) in [6, 6.07) is 4.75. The Balaban J connectivity index is 1.82. The Morgan fingerprint density at radius 3 is 2.70 bits per heavy atom. The molecule has 6 nitrogen and oxygen atoms in total. The van der Waals surface area contributed by atoms with Gasteiger partial charge in [-0.2, -0.15) is 4.68 Å². The molecule has 1 saturated heterocycles. The van der Waals surface area contributed by atoms with E-state index in [0.717, 1.165) is 49.4 Å². The van der Waals surface area contributed by atoms with Gasteiger partial charge in [-0.05, 0) is 31.7 Å². The molecule has 7 heteroatoms. The second kappa shape index (κ2) is 5.42. The summed E-state index contributed by atoms with van der Waals surface area (Å²) in [5.41, 5.74) is 1.65. The molecular weight excluding hydrogens is 295 g/mol. The lowest BCUT2D eigenvalue weighted by atomic mass is 10.1. The molecule has 1 aromatic heterocycles. The maximum absolute atomic E-state index is 13.6. The fourth-order valence-corrected chi connectivity index (χ4v) is 3.06. The molecule has 1 fully saturated rings. The van der Waals surface area contributed by atoms with Crippen molar-refractivity contribution < 1.29 is 4.39 Å². The van der Waals surface area contributed by atoms with Crippen LogP contribution < -0.4 is 0 Å². The first kappa shape index (κ1) is 14.3. The Morgan fingerprint density at radius 2 is 1.91 bits per heavy atom. The van der Waals surface area contributed by atoms with Crippen LogP contribution in [-0.2, 0) is 6.42 Å². The molecule has 0 N–H and O–H groups in total. The first-order valence-electron chi connectivity index (χ1n) is 7.84. The molecule has 23 heavy (non-hydrogen) atoms. The molecule has 0 radical (unpaired) electrons. The zero-order valence-electron chi connectivity index (χ0n) is 13.3. The number of aryl methyl sites for hydroxylation is 1. The molecule has 2 aliphatic heterocycles. The Bertz CT molecular complexity index is 773. The third-order valence-electron chi connectivity index (χ3n) is 4.37. The molecule has 0 spiro atoms. The highest BCUT2D eigenvalue weighted by atomic mass is 19.1. The van der Waals surface area contributed by atoms with Gasteiger partial charge in [0.05, 0.1) is 5.69 Å². The first-order chi connectivity index (χ1) is 11.1. The van der Waals surface area contributed by atoms with Crippen LogP contribution in [-0.4, -0.2) is 63.8 Å². The van der Waals surface area contributed by atoms with Crippen molar-refractivity contribution in [2.45, 2.75) is 13.3 Å². The van der Waals surface area contributed by atoms with E-state index in [1.165, 1.54) is 12.1 Å². The smallest absolute Gasteiger partial charge is 0.228 e. The maximum atomic E-state index is 13.6. The van der Waals surface area contributed by atoms with Gasteiger partial charge in [0, 0.05) is 32.6 Å². The van der Waals surface area contributed by atoms with Gasteiger partial charge in [0.2, 0.25) is 5.96 Å². The third-order valence-corrected chi connectivity index (χ3v) is 4.37. The minimum Gasteiger partial charge on any atom is -0.338 e. The van der Waals surface area contributed by atoms with Crippen molar-refractivity contribution >= 4 is 11.6 Å². The van der Waals surface area contributed by atoms with Crippen molar-refractivity contribution in [3.63, 3.8) is 0 Å². The number of fused-ring (bicyclic) bond motifs is 2. The Kier molecular flexibility index (Phi) is 3.37. The van der Waals surface area contributed by atoms with Crippen LogP contribution in [0.25, 0.3) is 0 Å². The summed E-state index contributed by atoms with van der Waals surface area (Å²) in [4.78, 5) is 13.8. The minimum absolute atomic E-state index is 0.270. The average molecular weight is 314 g/mol. The number of aromatic nitrogens is 3. The van der Waals surface area contributed by atoms with E-state index in [-0.39, 0.29) is 5.82 Å². The zero-order valence-corrected chi connectivity index (χ0v) is 13.3. The molecule has 3 heterocycles. The largest absolute Gasteiger partial charge is 0.338 e. The van der Waals surface area contributed by atoms with E-state index in [1.54, 1.807) is 6.07 Å². The number of hydrogen-bond acceptors (Lipinski definition) is 5. The molecule has 0 bridgehead atoms. The standard InChI is InChI=1S/C16H19FN6/c1-11-18-15-9-12-3-4-13(17)10-14(12)19-16(23(15)20-11)22-7-5-21(2)6-8-22/h3-4,10H,5-9H2,1-2H3. The van der Waals surface area contributed by atoms with Crippen LogP contribution in [0.3, 0.4) is 0 Å². The van der Waals surface area contributed by atoms with Crippen LogP contribution in [0.1, 0.15) is 17.2 Å². The van der Waals surface area contributed by atoms with Gasteiger partial charge in [-0.15, -0.1) is 5.10 Å². The summed E-state index contributed by atoms with van der Waals surface area (Å²) in [5.74, 6) is 2.06. The van der Waals surface area contributed by atoms with E-state index in [9.17, 15) is 4.39 Å². The lowest BCUT2D eigenvalue weighted by Gasteiger charge is -2.34. The van der Waals surface area contributed by atoms with Crippen molar-refractivity contribution in [3.8, 4) is 0 Å². The molecular formula is C16H19FN6. The highest BCUT2D eigenvalue weighted by Crippen LogP contribution is 2.27. The quantitative estimate of drug-likeness (QED) is 0.738. The van der Waals surface area contributed by atoms with E-state index in [1.807, 2.05) is 11.6 Å². The van der Waals surface area contributed by atoms with Crippen LogP contribution in [0.15, 0.2) is 23.2 Å². The first-order valence-corrected chi connectivity index (χ1v) is 7.84. The van der Waals surface area contributed by atoms with Gasteiger partial charge in [0.1, 0.15) is 17.5 Å². The normalized spacial score (nSPS) is 18.2. The fraction of sp³-hybridized carbons (Fsp3) is 0.438. The summed E-state index contributed by atoms with van der Waals surface area (Å²) in [7, 11) is 2.11. The monoisotopic (exact) mass is 314 g/mol. The van der Waals surface area contributed by atoms with Crippen LogP contribution in [0.5, 0.6) is 0 Å². The van der Waals surface area contributed by atoms with Crippen LogP contribution >= 0.6 is 0 Å². The lowest BCUT2D eigenvalue weighted by molar-refractivity contribution is 0.211. The molecule has 0 amide bonds. The molecule has 0 aliphatic carbocycles. The van der Waals surface area contributed by atoms with E-state index in [2.05, 4.69) is 26.9 Å². The van der Waals surface area contributed by atoms with Gasteiger partial charge in [0.15, 0.2) is 0 Å². The molecule has 2 aliphatic rings. The van der Waals surface area contributed by atoms with Gasteiger partial charge < -0.3 is 9.80 Å². The topological polar surface area (TPSA) is 49.6 Å². The van der Waals surface area contributed by atoms with Crippen molar-refractivity contribution in [1.82, 2.24) is 24.6 Å². The number of hydrogen-bond donors (Lipinski definition) is 0. The summed E-state index contributed by atoms with van der Waals surface area (Å²) in [6.45, 7) is 5.57. The van der Waals surface area contributed by atoms with Crippen molar-refractivity contribution in [2.24, 2.45) is 4.99 Å². The number of aliphatic imine (C=N–C) groups is 1.